The molecule has 11 heteroatoms. The minimum absolute atomic E-state index is 0.0549. The topological polar surface area (TPSA) is 146 Å². The second-order valence-corrected chi connectivity index (χ2v) is 7.46. The van der Waals surface area contributed by atoms with Gasteiger partial charge in [0.2, 0.25) is 11.6 Å². The third-order valence-electron chi connectivity index (χ3n) is 5.01. The van der Waals surface area contributed by atoms with Crippen LogP contribution in [0.5, 0.6) is 5.75 Å². The molecule has 0 radical (unpaired) electrons. The van der Waals surface area contributed by atoms with Gasteiger partial charge >= 0.3 is 0 Å². The van der Waals surface area contributed by atoms with Crippen molar-refractivity contribution in [2.24, 2.45) is 5.10 Å². The predicted molar refractivity (Wildman–Crippen MR) is 125 cm³/mol. The van der Waals surface area contributed by atoms with Crippen LogP contribution in [0.2, 0.25) is 0 Å². The number of hydrogen-bond acceptors (Lipinski definition) is 9. The van der Waals surface area contributed by atoms with Gasteiger partial charge in [0, 0.05) is 0 Å². The van der Waals surface area contributed by atoms with Crippen LogP contribution in [0.25, 0.3) is 5.82 Å². The third-order valence-corrected chi connectivity index (χ3v) is 5.01. The number of nitrogens with zero attached hydrogens (tertiary/aromatic N) is 6. The van der Waals surface area contributed by atoms with Crippen LogP contribution < -0.4 is 15.9 Å². The summed E-state index contributed by atoms with van der Waals surface area (Å²) in [6, 6.07) is 17.4. The number of anilines is 1. The lowest BCUT2D eigenvalue weighted by molar-refractivity contribution is 0.0948. The first-order valence-electron chi connectivity index (χ1n) is 10.7. The maximum absolute atomic E-state index is 12.8. The monoisotopic (exact) mass is 460 g/mol. The Hall–Kier alpha value is -4.54. The highest BCUT2D eigenvalue weighted by Gasteiger charge is 2.23. The van der Waals surface area contributed by atoms with Crippen molar-refractivity contribution < 1.29 is 14.2 Å². The predicted octanol–water partition coefficient (Wildman–Crippen LogP) is 2.92. The van der Waals surface area contributed by atoms with E-state index in [2.05, 4.69) is 35.8 Å². The van der Waals surface area contributed by atoms with Crippen LogP contribution in [0.15, 0.2) is 64.3 Å². The summed E-state index contributed by atoms with van der Waals surface area (Å²) in [7, 11) is 0. The van der Waals surface area contributed by atoms with Crippen molar-refractivity contribution in [2.45, 2.75) is 33.3 Å². The van der Waals surface area contributed by atoms with E-state index in [9.17, 15) is 4.79 Å². The SMILES string of the molecule is CCCc1c(C(=O)NN=C(C)c2ccc(OCc3ccccc3)cc2)nnn1-c1nonc1N. The molecule has 0 aliphatic rings. The molecule has 0 bridgehead atoms. The number of amides is 1. The molecule has 3 N–H and O–H groups in total. The number of carbonyl (C=O) groups excluding carboxylic acids is 1. The maximum Gasteiger partial charge on any atom is 0.293 e. The van der Waals surface area contributed by atoms with Crippen LogP contribution in [0.3, 0.4) is 0 Å². The second-order valence-electron chi connectivity index (χ2n) is 7.46. The summed E-state index contributed by atoms with van der Waals surface area (Å²) in [4.78, 5) is 12.8. The number of aromatic nitrogens is 5. The minimum atomic E-state index is -0.494. The quantitative estimate of drug-likeness (QED) is 0.286. The molecule has 0 fully saturated rings. The van der Waals surface area contributed by atoms with E-state index in [1.807, 2.05) is 61.5 Å². The highest BCUT2D eigenvalue weighted by atomic mass is 16.6. The lowest BCUT2D eigenvalue weighted by Crippen LogP contribution is -2.21. The summed E-state index contributed by atoms with van der Waals surface area (Å²) in [5.41, 5.74) is 11.5. The van der Waals surface area contributed by atoms with E-state index in [0.29, 0.717) is 24.4 Å². The van der Waals surface area contributed by atoms with Crippen LogP contribution in [0.1, 0.15) is 47.6 Å². The van der Waals surface area contributed by atoms with E-state index in [0.717, 1.165) is 23.3 Å². The summed E-state index contributed by atoms with van der Waals surface area (Å²) in [5.74, 6) is 0.488. The zero-order valence-corrected chi connectivity index (χ0v) is 18.8. The Labute approximate surface area is 195 Å². The fourth-order valence-electron chi connectivity index (χ4n) is 3.23. The van der Waals surface area contributed by atoms with Crippen LogP contribution >= 0.6 is 0 Å². The molecule has 0 spiro atoms. The maximum atomic E-state index is 12.8. The lowest BCUT2D eigenvalue weighted by Gasteiger charge is -2.08. The van der Waals surface area contributed by atoms with Crippen molar-refractivity contribution in [1.82, 2.24) is 30.7 Å². The molecule has 1 amide bonds. The Morgan fingerprint density at radius 2 is 1.91 bits per heavy atom. The molecule has 0 atom stereocenters. The normalized spacial score (nSPS) is 11.4. The molecule has 0 saturated heterocycles. The van der Waals surface area contributed by atoms with Gasteiger partial charge in [-0.2, -0.15) is 9.78 Å². The first kappa shape index (κ1) is 22.6. The van der Waals surface area contributed by atoms with Crippen molar-refractivity contribution in [3.8, 4) is 11.6 Å². The van der Waals surface area contributed by atoms with Gasteiger partial charge in [0.05, 0.1) is 11.4 Å². The van der Waals surface area contributed by atoms with Crippen LogP contribution in [-0.2, 0) is 13.0 Å². The molecule has 4 rings (SSSR count). The number of hydrazone groups is 1. The smallest absolute Gasteiger partial charge is 0.293 e. The fraction of sp³-hybridized carbons (Fsp3) is 0.217. The van der Waals surface area contributed by atoms with E-state index in [-0.39, 0.29) is 17.3 Å². The number of nitrogen functional groups attached to an aromatic ring is 1. The molecule has 0 unspecified atom stereocenters. The van der Waals surface area contributed by atoms with Gasteiger partial charge in [-0.3, -0.25) is 4.79 Å². The molecule has 2 aromatic heterocycles. The van der Waals surface area contributed by atoms with Crippen molar-refractivity contribution in [3.63, 3.8) is 0 Å². The van der Waals surface area contributed by atoms with Gasteiger partial charge in [0.25, 0.3) is 5.91 Å². The van der Waals surface area contributed by atoms with Crippen LogP contribution in [-0.4, -0.2) is 36.9 Å². The third kappa shape index (κ3) is 5.09. The molecular formula is C23H24N8O3. The largest absolute Gasteiger partial charge is 0.489 e. The number of benzene rings is 2. The van der Waals surface area contributed by atoms with Crippen LogP contribution in [0.4, 0.5) is 5.82 Å². The standard InChI is InChI=1S/C23H24N8O3/c1-3-7-19-20(26-30-31(19)22-21(24)28-34-29-22)23(32)27-25-15(2)17-10-12-18(13-11-17)33-14-16-8-5-4-6-9-16/h4-6,8-13H,3,7,14H2,1-2H3,(H2,24,28)(H,27,32). The average Bonchev–Trinajstić information content (AvgIpc) is 3.48. The molecule has 174 valence electrons. The van der Waals surface area contributed by atoms with Crippen molar-refractivity contribution in [2.75, 3.05) is 5.73 Å². The Kier molecular flexibility index (Phi) is 6.92. The number of carbonyl (C=O) groups is 1. The van der Waals surface area contributed by atoms with Gasteiger partial charge in [0.1, 0.15) is 12.4 Å². The van der Waals surface area contributed by atoms with E-state index >= 15 is 0 Å². The number of hydrogen-bond donors (Lipinski definition) is 2. The summed E-state index contributed by atoms with van der Waals surface area (Å²) in [6.45, 7) is 4.25. The first-order chi connectivity index (χ1) is 16.6. The summed E-state index contributed by atoms with van der Waals surface area (Å²) in [5, 5.41) is 19.5. The van der Waals surface area contributed by atoms with Gasteiger partial charge in [0.15, 0.2) is 5.69 Å². The summed E-state index contributed by atoms with van der Waals surface area (Å²) >= 11 is 0. The zero-order valence-electron chi connectivity index (χ0n) is 18.8. The van der Waals surface area contributed by atoms with Crippen molar-refractivity contribution in [3.05, 3.63) is 77.1 Å². The average molecular weight is 460 g/mol. The lowest BCUT2D eigenvalue weighted by atomic mass is 10.1. The van der Waals surface area contributed by atoms with Gasteiger partial charge in [-0.15, -0.1) is 5.10 Å². The van der Waals surface area contributed by atoms with Gasteiger partial charge in [-0.05, 0) is 59.1 Å². The molecule has 0 aliphatic carbocycles. The highest BCUT2D eigenvalue weighted by Crippen LogP contribution is 2.18. The molecule has 0 saturated carbocycles. The summed E-state index contributed by atoms with van der Waals surface area (Å²) < 4.78 is 11.8. The van der Waals surface area contributed by atoms with Crippen molar-refractivity contribution in [1.29, 1.82) is 0 Å². The Morgan fingerprint density at radius 3 is 2.59 bits per heavy atom. The highest BCUT2D eigenvalue weighted by molar-refractivity contribution is 6.00. The second kappa shape index (κ2) is 10.4. The number of nitrogens with one attached hydrogen (secondary N) is 1. The number of nitrogens with two attached hydrogens (primary N) is 1. The molecule has 2 heterocycles. The number of ether oxygens (including phenoxy) is 1. The van der Waals surface area contributed by atoms with Gasteiger partial charge in [-0.1, -0.05) is 48.9 Å². The fourth-order valence-corrected chi connectivity index (χ4v) is 3.23. The summed E-state index contributed by atoms with van der Waals surface area (Å²) in [6.07, 6.45) is 1.27. The minimum Gasteiger partial charge on any atom is -0.489 e. The van der Waals surface area contributed by atoms with Crippen molar-refractivity contribution >= 4 is 17.4 Å². The molecule has 4 aromatic rings. The molecule has 0 aliphatic heterocycles. The van der Waals surface area contributed by atoms with E-state index < -0.39 is 5.91 Å². The Balaban J connectivity index is 1.42. The first-order valence-corrected chi connectivity index (χ1v) is 10.7. The molecule has 2 aromatic carbocycles. The molecular weight excluding hydrogens is 436 g/mol. The van der Waals surface area contributed by atoms with Gasteiger partial charge < -0.3 is 10.5 Å². The Morgan fingerprint density at radius 1 is 1.15 bits per heavy atom. The zero-order chi connectivity index (χ0) is 23.9. The number of rotatable bonds is 9. The van der Waals surface area contributed by atoms with Crippen LogP contribution in [0, 0.1) is 0 Å². The van der Waals surface area contributed by atoms with E-state index in [1.54, 1.807) is 6.92 Å². The van der Waals surface area contributed by atoms with E-state index in [4.69, 9.17) is 10.5 Å². The molecule has 11 nitrogen and oxygen atoms in total. The molecule has 34 heavy (non-hydrogen) atoms. The van der Waals surface area contributed by atoms with E-state index in [1.165, 1.54) is 4.68 Å². The van der Waals surface area contributed by atoms with Gasteiger partial charge in [-0.25, -0.2) is 10.1 Å². The Bertz CT molecular complexity index is 1280.